The van der Waals surface area contributed by atoms with Crippen molar-refractivity contribution in [2.45, 2.75) is 39.7 Å². The predicted octanol–water partition coefficient (Wildman–Crippen LogP) is 0.697. The van der Waals surface area contributed by atoms with Gasteiger partial charge in [0.1, 0.15) is 18.2 Å². The highest BCUT2D eigenvalue weighted by Gasteiger charge is 2.59. The van der Waals surface area contributed by atoms with Crippen molar-refractivity contribution < 1.29 is 14.3 Å². The summed E-state index contributed by atoms with van der Waals surface area (Å²) in [5, 5.41) is 4.23. The highest BCUT2D eigenvalue weighted by atomic mass is 16.5. The monoisotopic (exact) mass is 306 g/mol. The number of aromatic nitrogens is 3. The second kappa shape index (κ2) is 5.37. The number of aryl methyl sites for hydroxylation is 2. The van der Waals surface area contributed by atoms with Crippen LogP contribution in [0.5, 0.6) is 0 Å². The van der Waals surface area contributed by atoms with E-state index in [1.54, 1.807) is 4.68 Å². The quantitative estimate of drug-likeness (QED) is 0.768. The Morgan fingerprint density at radius 1 is 1.32 bits per heavy atom. The van der Waals surface area contributed by atoms with Gasteiger partial charge in [-0.25, -0.2) is 9.67 Å². The Labute approximate surface area is 129 Å². The minimum Gasteiger partial charge on any atom is -0.469 e. The van der Waals surface area contributed by atoms with Crippen LogP contribution in [0.25, 0.3) is 0 Å². The van der Waals surface area contributed by atoms with Crippen LogP contribution in [0.1, 0.15) is 30.9 Å². The van der Waals surface area contributed by atoms with Crippen LogP contribution in [0.3, 0.4) is 0 Å². The highest BCUT2D eigenvalue weighted by molar-refractivity contribution is 5.78. The van der Waals surface area contributed by atoms with Crippen LogP contribution < -0.4 is 0 Å². The molecule has 1 saturated carbocycles. The molecule has 1 aromatic heterocycles. The molecule has 1 aromatic rings. The zero-order valence-electron chi connectivity index (χ0n) is 13.3. The van der Waals surface area contributed by atoms with Gasteiger partial charge in [-0.2, -0.15) is 5.10 Å². The Kier molecular flexibility index (Phi) is 3.66. The molecule has 1 saturated heterocycles. The summed E-state index contributed by atoms with van der Waals surface area (Å²) in [5.74, 6) is 1.44. The van der Waals surface area contributed by atoms with Crippen LogP contribution in [0.2, 0.25) is 0 Å². The van der Waals surface area contributed by atoms with E-state index in [-0.39, 0.29) is 29.8 Å². The summed E-state index contributed by atoms with van der Waals surface area (Å²) in [6, 6.07) is 0. The maximum atomic E-state index is 12.4. The van der Waals surface area contributed by atoms with E-state index >= 15 is 0 Å². The van der Waals surface area contributed by atoms with Crippen LogP contribution >= 0.6 is 0 Å². The van der Waals surface area contributed by atoms with Gasteiger partial charge in [0.05, 0.1) is 13.0 Å². The van der Waals surface area contributed by atoms with Gasteiger partial charge in [-0.1, -0.05) is 0 Å². The Bertz CT molecular complexity index is 602. The number of rotatable bonds is 3. The third kappa shape index (κ3) is 2.60. The third-order valence-electron chi connectivity index (χ3n) is 5.03. The topological polar surface area (TPSA) is 77.3 Å². The molecular formula is C15H22N4O3. The van der Waals surface area contributed by atoms with E-state index in [1.165, 1.54) is 7.11 Å². The lowest BCUT2D eigenvalue weighted by Crippen LogP contribution is -2.41. The van der Waals surface area contributed by atoms with Gasteiger partial charge >= 0.3 is 5.97 Å². The number of esters is 1. The summed E-state index contributed by atoms with van der Waals surface area (Å²) >= 11 is 0. The van der Waals surface area contributed by atoms with Gasteiger partial charge in [0.25, 0.3) is 0 Å². The first-order chi connectivity index (χ1) is 10.4. The summed E-state index contributed by atoms with van der Waals surface area (Å²) in [7, 11) is 1.44. The van der Waals surface area contributed by atoms with Crippen molar-refractivity contribution in [3.8, 4) is 0 Å². The number of hydrogen-bond acceptors (Lipinski definition) is 5. The molecule has 0 N–H and O–H groups in total. The third-order valence-corrected chi connectivity index (χ3v) is 5.03. The fourth-order valence-electron chi connectivity index (χ4n) is 3.52. The summed E-state index contributed by atoms with van der Waals surface area (Å²) in [5.41, 5.74) is 0.0869. The van der Waals surface area contributed by atoms with Gasteiger partial charge in [-0.05, 0) is 38.5 Å². The maximum absolute atomic E-state index is 12.4. The van der Waals surface area contributed by atoms with Crippen LogP contribution in [-0.4, -0.2) is 51.7 Å². The van der Waals surface area contributed by atoms with Crippen molar-refractivity contribution in [1.29, 1.82) is 0 Å². The van der Waals surface area contributed by atoms with E-state index < -0.39 is 0 Å². The molecule has 1 atom stereocenters. The second-order valence-corrected chi connectivity index (χ2v) is 6.39. The number of amides is 1. The van der Waals surface area contributed by atoms with Gasteiger partial charge in [0.2, 0.25) is 5.91 Å². The van der Waals surface area contributed by atoms with Crippen molar-refractivity contribution in [1.82, 2.24) is 19.7 Å². The molecule has 7 nitrogen and oxygen atoms in total. The van der Waals surface area contributed by atoms with E-state index in [0.717, 1.165) is 25.1 Å². The number of hydrogen-bond donors (Lipinski definition) is 0. The van der Waals surface area contributed by atoms with Crippen LogP contribution in [0.15, 0.2) is 0 Å². The molecule has 1 amide bonds. The average Bonchev–Trinajstić information content (AvgIpc) is 3.09. The normalized spacial score (nSPS) is 22.7. The summed E-state index contributed by atoms with van der Waals surface area (Å²) in [4.78, 5) is 30.1. The van der Waals surface area contributed by atoms with Gasteiger partial charge in [0, 0.05) is 13.1 Å². The number of methoxy groups -OCH3 is 1. The fourth-order valence-corrected chi connectivity index (χ4v) is 3.52. The highest BCUT2D eigenvalue weighted by Crippen LogP contribution is 2.59. The minimum atomic E-state index is -0.103. The first kappa shape index (κ1) is 15.0. The van der Waals surface area contributed by atoms with Gasteiger partial charge in [-0.3, -0.25) is 9.59 Å². The molecule has 3 rings (SSSR count). The van der Waals surface area contributed by atoms with Crippen molar-refractivity contribution in [3.05, 3.63) is 11.6 Å². The first-order valence-corrected chi connectivity index (χ1v) is 7.69. The molecule has 22 heavy (non-hydrogen) atoms. The van der Waals surface area contributed by atoms with E-state index in [4.69, 9.17) is 4.74 Å². The molecular weight excluding hydrogens is 284 g/mol. The Balaban J connectivity index is 1.55. The van der Waals surface area contributed by atoms with E-state index in [1.807, 2.05) is 18.7 Å². The Morgan fingerprint density at radius 3 is 2.55 bits per heavy atom. The smallest absolute Gasteiger partial charge is 0.309 e. The minimum absolute atomic E-state index is 0.0370. The lowest BCUT2D eigenvalue weighted by Gasteiger charge is -2.32. The number of likely N-dealkylation sites (tertiary alicyclic amines) is 1. The van der Waals surface area contributed by atoms with Gasteiger partial charge in [0.15, 0.2) is 0 Å². The van der Waals surface area contributed by atoms with E-state index in [0.29, 0.717) is 18.9 Å². The number of carbonyl (C=O) groups is 2. The molecule has 7 heteroatoms. The molecule has 2 aliphatic rings. The molecule has 120 valence electrons. The van der Waals surface area contributed by atoms with Crippen LogP contribution in [0, 0.1) is 25.2 Å². The molecule has 0 aromatic carbocycles. The van der Waals surface area contributed by atoms with E-state index in [2.05, 4.69) is 10.1 Å². The SMILES string of the molecule is COC(=O)C1CC12CCN(C(=O)Cn1nc(C)nc1C)CC2. The number of piperidine rings is 1. The van der Waals surface area contributed by atoms with Crippen molar-refractivity contribution >= 4 is 11.9 Å². The standard InChI is InChI=1S/C15H22N4O3/c1-10-16-11(2)19(17-10)9-13(20)18-6-4-15(5-7-18)8-12(15)14(21)22-3/h12H,4-9H2,1-3H3. The van der Waals surface area contributed by atoms with Crippen molar-refractivity contribution in [3.63, 3.8) is 0 Å². The first-order valence-electron chi connectivity index (χ1n) is 7.69. The Hall–Kier alpha value is -1.92. The second-order valence-electron chi connectivity index (χ2n) is 6.39. The fraction of sp³-hybridized carbons (Fsp3) is 0.733. The maximum Gasteiger partial charge on any atom is 0.309 e. The molecule has 1 spiro atoms. The average molecular weight is 306 g/mol. The van der Waals surface area contributed by atoms with Crippen molar-refractivity contribution in [2.24, 2.45) is 11.3 Å². The molecule has 1 unspecified atom stereocenters. The summed E-state index contributed by atoms with van der Waals surface area (Å²) in [6.07, 6.45) is 2.67. The predicted molar refractivity (Wildman–Crippen MR) is 77.9 cm³/mol. The summed E-state index contributed by atoms with van der Waals surface area (Å²) in [6.45, 7) is 5.32. The van der Waals surface area contributed by atoms with Crippen molar-refractivity contribution in [2.75, 3.05) is 20.2 Å². The molecule has 0 radical (unpaired) electrons. The van der Waals surface area contributed by atoms with Crippen LogP contribution in [-0.2, 0) is 20.9 Å². The van der Waals surface area contributed by atoms with Gasteiger partial charge in [-0.15, -0.1) is 0 Å². The molecule has 0 bridgehead atoms. The number of ether oxygens (including phenoxy) is 1. The Morgan fingerprint density at radius 2 is 2.00 bits per heavy atom. The summed E-state index contributed by atoms with van der Waals surface area (Å²) < 4.78 is 6.48. The molecule has 1 aliphatic carbocycles. The van der Waals surface area contributed by atoms with Crippen LogP contribution in [0.4, 0.5) is 0 Å². The van der Waals surface area contributed by atoms with Gasteiger partial charge < -0.3 is 9.64 Å². The largest absolute Gasteiger partial charge is 0.469 e. The lowest BCUT2D eigenvalue weighted by atomic mass is 9.91. The molecule has 2 fully saturated rings. The lowest BCUT2D eigenvalue weighted by molar-refractivity contribution is -0.143. The zero-order valence-corrected chi connectivity index (χ0v) is 13.3. The molecule has 2 heterocycles. The number of carbonyl (C=O) groups excluding carboxylic acids is 2. The molecule has 1 aliphatic heterocycles. The number of nitrogens with zero attached hydrogens (tertiary/aromatic N) is 4. The van der Waals surface area contributed by atoms with E-state index in [9.17, 15) is 9.59 Å². The zero-order chi connectivity index (χ0) is 15.9.